The van der Waals surface area contributed by atoms with Crippen LogP contribution >= 0.6 is 0 Å². The molecule has 1 aliphatic rings. The molecule has 1 saturated carbocycles. The highest BCUT2D eigenvalue weighted by atomic mass is 15.0. The average Bonchev–Trinajstić information content (AvgIpc) is 2.99. The lowest BCUT2D eigenvalue weighted by molar-refractivity contribution is 0.525. The summed E-state index contributed by atoms with van der Waals surface area (Å²) in [5.74, 6) is -0.0244. The second-order valence-corrected chi connectivity index (χ2v) is 4.53. The van der Waals surface area contributed by atoms with Crippen molar-refractivity contribution in [1.29, 1.82) is 5.26 Å². The number of hydrogen-bond acceptors (Lipinski definition) is 2. The van der Waals surface area contributed by atoms with Crippen LogP contribution in [0.5, 0.6) is 0 Å². The Kier molecular flexibility index (Phi) is 2.75. The Morgan fingerprint density at radius 2 is 2.07 bits per heavy atom. The van der Waals surface area contributed by atoms with E-state index in [0.717, 1.165) is 12.1 Å². The van der Waals surface area contributed by atoms with E-state index in [1.54, 1.807) is 0 Å². The summed E-state index contributed by atoms with van der Waals surface area (Å²) < 4.78 is 0. The van der Waals surface area contributed by atoms with Gasteiger partial charge in [-0.05, 0) is 25.3 Å². The van der Waals surface area contributed by atoms with Crippen molar-refractivity contribution >= 4 is 0 Å². The third-order valence-electron chi connectivity index (χ3n) is 3.09. The Hall–Kier alpha value is -1.33. The van der Waals surface area contributed by atoms with Gasteiger partial charge < -0.3 is 5.32 Å². The third-order valence-corrected chi connectivity index (χ3v) is 3.09. The number of nitriles is 1. The largest absolute Gasteiger partial charge is 0.310 e. The molecule has 0 aromatic heterocycles. The molecule has 0 spiro atoms. The summed E-state index contributed by atoms with van der Waals surface area (Å²) in [7, 11) is 0. The van der Waals surface area contributed by atoms with E-state index < -0.39 is 0 Å². The molecule has 0 bridgehead atoms. The van der Waals surface area contributed by atoms with E-state index in [4.69, 9.17) is 5.26 Å². The van der Waals surface area contributed by atoms with Gasteiger partial charge in [-0.2, -0.15) is 5.26 Å². The first kappa shape index (κ1) is 10.2. The van der Waals surface area contributed by atoms with Gasteiger partial charge in [0.1, 0.15) is 0 Å². The van der Waals surface area contributed by atoms with Crippen molar-refractivity contribution in [2.45, 2.75) is 31.2 Å². The van der Waals surface area contributed by atoms with Crippen molar-refractivity contribution in [2.24, 2.45) is 0 Å². The van der Waals surface area contributed by atoms with E-state index in [0.29, 0.717) is 5.54 Å². The monoisotopic (exact) mass is 200 g/mol. The molecule has 2 nitrogen and oxygen atoms in total. The minimum atomic E-state index is -0.0244. The summed E-state index contributed by atoms with van der Waals surface area (Å²) in [5.41, 5.74) is 1.42. The Morgan fingerprint density at radius 1 is 1.40 bits per heavy atom. The number of nitrogens with zero attached hydrogens (tertiary/aromatic N) is 1. The molecule has 0 heterocycles. The summed E-state index contributed by atoms with van der Waals surface area (Å²) in [5, 5.41) is 12.6. The minimum Gasteiger partial charge on any atom is -0.310 e. The third kappa shape index (κ3) is 2.57. The van der Waals surface area contributed by atoms with Gasteiger partial charge in [-0.3, -0.25) is 0 Å². The summed E-state index contributed by atoms with van der Waals surface area (Å²) in [6, 6.07) is 12.3. The Labute approximate surface area is 90.9 Å². The lowest BCUT2D eigenvalue weighted by Gasteiger charge is -2.15. The molecular formula is C13H16N2. The zero-order chi connectivity index (χ0) is 10.7. The van der Waals surface area contributed by atoms with Gasteiger partial charge in [-0.25, -0.2) is 0 Å². The van der Waals surface area contributed by atoms with Gasteiger partial charge in [0.05, 0.1) is 12.0 Å². The predicted molar refractivity (Wildman–Crippen MR) is 60.4 cm³/mol. The molecule has 0 radical (unpaired) electrons. The van der Waals surface area contributed by atoms with Crippen molar-refractivity contribution in [3.8, 4) is 6.07 Å². The molecule has 1 N–H and O–H groups in total. The summed E-state index contributed by atoms with van der Waals surface area (Å²) in [4.78, 5) is 0. The van der Waals surface area contributed by atoms with E-state index in [1.807, 2.05) is 30.3 Å². The minimum absolute atomic E-state index is 0.0244. The van der Waals surface area contributed by atoms with E-state index in [9.17, 15) is 0 Å². The van der Waals surface area contributed by atoms with Gasteiger partial charge >= 0.3 is 0 Å². The van der Waals surface area contributed by atoms with Crippen LogP contribution in [0.3, 0.4) is 0 Å². The van der Waals surface area contributed by atoms with Crippen molar-refractivity contribution < 1.29 is 0 Å². The first-order valence-corrected chi connectivity index (χ1v) is 5.43. The van der Waals surface area contributed by atoms with Gasteiger partial charge in [0.25, 0.3) is 0 Å². The fraction of sp³-hybridized carbons (Fsp3) is 0.462. The molecule has 0 saturated heterocycles. The maximum Gasteiger partial charge on any atom is 0.0837 e. The average molecular weight is 200 g/mol. The highest BCUT2D eigenvalue weighted by Gasteiger charge is 2.36. The van der Waals surface area contributed by atoms with Gasteiger partial charge in [0, 0.05) is 12.1 Å². The molecule has 1 aromatic carbocycles. The van der Waals surface area contributed by atoms with Crippen LogP contribution in [0.25, 0.3) is 0 Å². The van der Waals surface area contributed by atoms with Crippen molar-refractivity contribution in [1.82, 2.24) is 5.32 Å². The molecule has 0 aliphatic heterocycles. The van der Waals surface area contributed by atoms with E-state index in [-0.39, 0.29) is 5.92 Å². The zero-order valence-electron chi connectivity index (χ0n) is 9.03. The van der Waals surface area contributed by atoms with Crippen LogP contribution in [0.15, 0.2) is 30.3 Å². The molecule has 1 fully saturated rings. The molecule has 0 amide bonds. The molecule has 1 aromatic rings. The predicted octanol–water partition coefficient (Wildman–Crippen LogP) is 2.44. The fourth-order valence-corrected chi connectivity index (χ4v) is 1.64. The van der Waals surface area contributed by atoms with Crippen LogP contribution in [0, 0.1) is 11.3 Å². The standard InChI is InChI=1S/C13H16N2/c1-13(7-8-13)15-10-12(9-14)11-5-3-2-4-6-11/h2-6,12,15H,7-8,10H2,1H3. The second kappa shape index (κ2) is 4.04. The number of nitrogens with one attached hydrogen (secondary N) is 1. The smallest absolute Gasteiger partial charge is 0.0837 e. The van der Waals surface area contributed by atoms with Crippen LogP contribution in [-0.2, 0) is 0 Å². The molecule has 2 heteroatoms. The topological polar surface area (TPSA) is 35.8 Å². The molecule has 2 rings (SSSR count). The van der Waals surface area contributed by atoms with Crippen LogP contribution in [0.2, 0.25) is 0 Å². The fourth-order valence-electron chi connectivity index (χ4n) is 1.64. The van der Waals surface area contributed by atoms with Crippen LogP contribution in [0.4, 0.5) is 0 Å². The number of rotatable bonds is 4. The lowest BCUT2D eigenvalue weighted by Crippen LogP contribution is -2.31. The molecular weight excluding hydrogens is 184 g/mol. The SMILES string of the molecule is CC1(NCC(C#N)c2ccccc2)CC1. The van der Waals surface area contributed by atoms with E-state index in [2.05, 4.69) is 18.3 Å². The maximum absolute atomic E-state index is 9.11. The normalized spacial score (nSPS) is 19.2. The summed E-state index contributed by atoms with van der Waals surface area (Å²) in [6.45, 7) is 2.98. The van der Waals surface area contributed by atoms with Crippen LogP contribution in [0.1, 0.15) is 31.2 Å². The Balaban J connectivity index is 1.96. The Bertz CT molecular complexity index is 360. The van der Waals surface area contributed by atoms with Crippen molar-refractivity contribution in [2.75, 3.05) is 6.54 Å². The number of hydrogen-bond donors (Lipinski definition) is 1. The highest BCUT2D eigenvalue weighted by molar-refractivity contribution is 5.25. The van der Waals surface area contributed by atoms with Crippen molar-refractivity contribution in [3.05, 3.63) is 35.9 Å². The van der Waals surface area contributed by atoms with Crippen LogP contribution in [-0.4, -0.2) is 12.1 Å². The first-order valence-electron chi connectivity index (χ1n) is 5.43. The number of benzene rings is 1. The first-order chi connectivity index (χ1) is 7.23. The van der Waals surface area contributed by atoms with Crippen molar-refractivity contribution in [3.63, 3.8) is 0 Å². The van der Waals surface area contributed by atoms with Gasteiger partial charge in [0.2, 0.25) is 0 Å². The highest BCUT2D eigenvalue weighted by Crippen LogP contribution is 2.34. The van der Waals surface area contributed by atoms with Crippen LogP contribution < -0.4 is 5.32 Å². The Morgan fingerprint density at radius 3 is 2.60 bits per heavy atom. The van der Waals surface area contributed by atoms with E-state index >= 15 is 0 Å². The van der Waals surface area contributed by atoms with E-state index in [1.165, 1.54) is 12.8 Å². The molecule has 1 atom stereocenters. The molecule has 15 heavy (non-hydrogen) atoms. The molecule has 1 unspecified atom stereocenters. The maximum atomic E-state index is 9.11. The molecule has 78 valence electrons. The van der Waals surface area contributed by atoms with Gasteiger partial charge in [-0.1, -0.05) is 30.3 Å². The zero-order valence-corrected chi connectivity index (χ0v) is 9.03. The molecule has 1 aliphatic carbocycles. The van der Waals surface area contributed by atoms with Gasteiger partial charge in [-0.15, -0.1) is 0 Å². The summed E-state index contributed by atoms with van der Waals surface area (Å²) >= 11 is 0. The second-order valence-electron chi connectivity index (χ2n) is 4.53. The quantitative estimate of drug-likeness (QED) is 0.810. The lowest BCUT2D eigenvalue weighted by atomic mass is 10.0. The van der Waals surface area contributed by atoms with Gasteiger partial charge in [0.15, 0.2) is 0 Å². The summed E-state index contributed by atoms with van der Waals surface area (Å²) in [6.07, 6.45) is 2.47.